The number of hydrogen-bond acceptors (Lipinski definition) is 7. The molecule has 262 valence electrons. The molecule has 7 N–H and O–H groups in total. The van der Waals surface area contributed by atoms with E-state index in [4.69, 9.17) is 5.73 Å². The van der Waals surface area contributed by atoms with Crippen LogP contribution >= 0.6 is 0 Å². The SMILES string of the molecule is C[C@@H](NC(=O)[C@@H](N)Cc1ccc(O)cc1)C(=O)NCC(=O)N[C@@H](Cc1ccccc1)C(=O)NN=Cc1cc(C(F)(F)F)cc(C(F)(F)F)c1. The summed E-state index contributed by atoms with van der Waals surface area (Å²) in [7, 11) is 0. The molecule has 0 saturated heterocycles. The van der Waals surface area contributed by atoms with Gasteiger partial charge in [-0.25, -0.2) is 5.43 Å². The first-order valence-electron chi connectivity index (χ1n) is 14.5. The van der Waals surface area contributed by atoms with Gasteiger partial charge in [0.2, 0.25) is 17.7 Å². The van der Waals surface area contributed by atoms with Crippen molar-refractivity contribution < 1.29 is 50.6 Å². The predicted molar refractivity (Wildman–Crippen MR) is 165 cm³/mol. The van der Waals surface area contributed by atoms with Crippen LogP contribution < -0.4 is 27.1 Å². The minimum absolute atomic E-state index is 0.0385. The average molecular weight is 695 g/mol. The molecule has 0 aliphatic rings. The molecule has 0 radical (unpaired) electrons. The summed E-state index contributed by atoms with van der Waals surface area (Å²) in [6, 6.07) is 11.6. The van der Waals surface area contributed by atoms with Crippen molar-refractivity contribution in [1.29, 1.82) is 0 Å². The van der Waals surface area contributed by atoms with Crippen molar-refractivity contribution in [3.8, 4) is 5.75 Å². The van der Waals surface area contributed by atoms with Gasteiger partial charge in [-0.1, -0.05) is 42.5 Å². The van der Waals surface area contributed by atoms with E-state index >= 15 is 0 Å². The summed E-state index contributed by atoms with van der Waals surface area (Å²) in [4.78, 5) is 50.7. The van der Waals surface area contributed by atoms with Gasteiger partial charge in [0.15, 0.2) is 0 Å². The summed E-state index contributed by atoms with van der Waals surface area (Å²) in [6.07, 6.45) is -9.56. The number of amides is 4. The number of phenolic OH excluding ortho intramolecular Hbond substituents is 1. The maximum Gasteiger partial charge on any atom is 0.416 e. The van der Waals surface area contributed by atoms with Crippen LogP contribution in [0.5, 0.6) is 5.75 Å². The topological polar surface area (TPSA) is 175 Å². The van der Waals surface area contributed by atoms with Gasteiger partial charge >= 0.3 is 12.4 Å². The highest BCUT2D eigenvalue weighted by atomic mass is 19.4. The molecule has 0 aliphatic carbocycles. The van der Waals surface area contributed by atoms with Crippen molar-refractivity contribution in [2.45, 2.75) is 50.2 Å². The number of nitrogens with one attached hydrogen (secondary N) is 4. The lowest BCUT2D eigenvalue weighted by Crippen LogP contribution is -2.53. The Labute approximate surface area is 275 Å². The summed E-state index contributed by atoms with van der Waals surface area (Å²) in [5.74, 6) is -3.18. The van der Waals surface area contributed by atoms with Crippen LogP contribution in [0.3, 0.4) is 0 Å². The number of nitrogens with two attached hydrogens (primary N) is 1. The monoisotopic (exact) mass is 694 g/mol. The summed E-state index contributed by atoms with van der Waals surface area (Å²) < 4.78 is 79.0. The molecule has 0 aromatic heterocycles. The molecule has 0 heterocycles. The quantitative estimate of drug-likeness (QED) is 0.0912. The maximum atomic E-state index is 13.2. The zero-order valence-corrected chi connectivity index (χ0v) is 25.7. The van der Waals surface area contributed by atoms with Gasteiger partial charge in [0.05, 0.1) is 29.9 Å². The first kappa shape index (κ1) is 38.0. The first-order chi connectivity index (χ1) is 22.9. The lowest BCUT2D eigenvalue weighted by Gasteiger charge is -2.19. The van der Waals surface area contributed by atoms with Gasteiger partial charge in [-0.2, -0.15) is 31.4 Å². The second-order valence-corrected chi connectivity index (χ2v) is 10.8. The zero-order chi connectivity index (χ0) is 36.4. The van der Waals surface area contributed by atoms with Gasteiger partial charge in [0, 0.05) is 6.42 Å². The maximum absolute atomic E-state index is 13.2. The Morgan fingerprint density at radius 1 is 0.796 bits per heavy atom. The molecule has 49 heavy (non-hydrogen) atoms. The number of carbonyl (C=O) groups is 4. The second kappa shape index (κ2) is 16.6. The molecule has 0 spiro atoms. The van der Waals surface area contributed by atoms with E-state index < -0.39 is 77.3 Å². The third-order valence-corrected chi connectivity index (χ3v) is 6.84. The minimum Gasteiger partial charge on any atom is -0.508 e. The van der Waals surface area contributed by atoms with E-state index in [1.165, 1.54) is 19.1 Å². The van der Waals surface area contributed by atoms with Crippen molar-refractivity contribution in [2.75, 3.05) is 6.54 Å². The van der Waals surface area contributed by atoms with Crippen LogP contribution in [0.2, 0.25) is 0 Å². The van der Waals surface area contributed by atoms with Gasteiger partial charge in [-0.3, -0.25) is 19.2 Å². The molecule has 3 rings (SSSR count). The smallest absolute Gasteiger partial charge is 0.416 e. The lowest BCUT2D eigenvalue weighted by molar-refractivity contribution is -0.143. The summed E-state index contributed by atoms with van der Waals surface area (Å²) in [6.45, 7) is 0.717. The van der Waals surface area contributed by atoms with Crippen LogP contribution in [0.4, 0.5) is 26.3 Å². The van der Waals surface area contributed by atoms with Crippen molar-refractivity contribution >= 4 is 29.8 Å². The van der Waals surface area contributed by atoms with E-state index in [9.17, 15) is 50.6 Å². The second-order valence-electron chi connectivity index (χ2n) is 10.8. The number of carbonyl (C=O) groups excluding carboxylic acids is 4. The molecule has 4 amide bonds. The Hall–Kier alpha value is -5.45. The van der Waals surface area contributed by atoms with Crippen molar-refractivity contribution in [1.82, 2.24) is 21.4 Å². The fourth-order valence-corrected chi connectivity index (χ4v) is 4.29. The largest absolute Gasteiger partial charge is 0.508 e. The Morgan fingerprint density at radius 2 is 1.37 bits per heavy atom. The number of alkyl halides is 6. The summed E-state index contributed by atoms with van der Waals surface area (Å²) in [5, 5.41) is 20.0. The molecule has 0 unspecified atom stereocenters. The number of aromatic hydroxyl groups is 1. The molecule has 0 saturated carbocycles. The predicted octanol–water partition coefficient (Wildman–Crippen LogP) is 2.80. The van der Waals surface area contributed by atoms with Crippen LogP contribution in [0.1, 0.15) is 34.7 Å². The molecule has 3 aromatic rings. The Bertz CT molecular complexity index is 1620. The summed E-state index contributed by atoms with van der Waals surface area (Å²) in [5.41, 5.74) is 5.41. The number of benzene rings is 3. The van der Waals surface area contributed by atoms with Crippen LogP contribution in [0.15, 0.2) is 77.9 Å². The third-order valence-electron chi connectivity index (χ3n) is 6.84. The molecule has 0 fully saturated rings. The minimum atomic E-state index is -5.08. The van der Waals surface area contributed by atoms with E-state index in [0.29, 0.717) is 29.5 Å². The molecule has 3 aromatic carbocycles. The fraction of sp³-hybridized carbons (Fsp3) is 0.281. The number of phenols is 1. The number of hydrazone groups is 1. The van der Waals surface area contributed by atoms with Gasteiger partial charge < -0.3 is 26.8 Å². The van der Waals surface area contributed by atoms with Crippen LogP contribution in [-0.4, -0.2) is 59.6 Å². The van der Waals surface area contributed by atoms with Crippen molar-refractivity contribution in [3.63, 3.8) is 0 Å². The molecular formula is C32H32F6N6O5. The Balaban J connectivity index is 1.61. The van der Waals surface area contributed by atoms with E-state index in [1.54, 1.807) is 42.5 Å². The normalized spacial score (nSPS) is 13.6. The van der Waals surface area contributed by atoms with E-state index in [2.05, 4.69) is 21.1 Å². The van der Waals surface area contributed by atoms with Crippen LogP contribution in [0.25, 0.3) is 0 Å². The zero-order valence-electron chi connectivity index (χ0n) is 25.7. The standard InChI is InChI=1S/C32H32F6N6O5/c1-18(42-29(48)25(39)13-20-7-9-24(45)10-8-20)28(47)40-17-27(46)43-26(14-19-5-3-2-4-6-19)30(49)44-41-16-21-11-22(31(33,34)35)15-23(12-21)32(36,37)38/h2-12,15-16,18,25-26,45H,13-14,17,39H2,1H3,(H,40,47)(H,42,48)(H,43,46)(H,44,49)/t18-,25+,26+/m1/s1. The van der Waals surface area contributed by atoms with E-state index in [0.717, 1.165) is 0 Å². The fourth-order valence-electron chi connectivity index (χ4n) is 4.29. The summed E-state index contributed by atoms with van der Waals surface area (Å²) >= 11 is 0. The highest BCUT2D eigenvalue weighted by Crippen LogP contribution is 2.36. The van der Waals surface area contributed by atoms with Gasteiger partial charge in [0.1, 0.15) is 17.8 Å². The van der Waals surface area contributed by atoms with Gasteiger partial charge in [-0.05, 0) is 60.4 Å². The van der Waals surface area contributed by atoms with Crippen molar-refractivity contribution in [2.24, 2.45) is 10.8 Å². The first-order valence-corrected chi connectivity index (χ1v) is 14.5. The van der Waals surface area contributed by atoms with E-state index in [-0.39, 0.29) is 24.7 Å². The average Bonchev–Trinajstić information content (AvgIpc) is 3.03. The van der Waals surface area contributed by atoms with Crippen LogP contribution in [0, 0.1) is 0 Å². The lowest BCUT2D eigenvalue weighted by atomic mass is 10.1. The number of rotatable bonds is 13. The van der Waals surface area contributed by atoms with Crippen molar-refractivity contribution in [3.05, 3.63) is 101 Å². The van der Waals surface area contributed by atoms with Gasteiger partial charge in [0.25, 0.3) is 5.91 Å². The molecule has 0 aliphatic heterocycles. The molecular weight excluding hydrogens is 662 g/mol. The number of hydrogen-bond donors (Lipinski definition) is 6. The Morgan fingerprint density at radius 3 is 1.94 bits per heavy atom. The Kier molecular flexibility index (Phi) is 12.9. The van der Waals surface area contributed by atoms with E-state index in [1.807, 2.05) is 5.43 Å². The molecule has 0 bridgehead atoms. The highest BCUT2D eigenvalue weighted by Gasteiger charge is 2.36. The third kappa shape index (κ3) is 12.3. The van der Waals surface area contributed by atoms with Crippen LogP contribution in [-0.2, 0) is 44.4 Å². The molecule has 11 nitrogen and oxygen atoms in total. The number of nitrogens with zero attached hydrogens (tertiary/aromatic N) is 1. The number of halogens is 6. The molecule has 3 atom stereocenters. The van der Waals surface area contributed by atoms with Gasteiger partial charge in [-0.15, -0.1) is 0 Å². The highest BCUT2D eigenvalue weighted by molar-refractivity contribution is 5.93. The molecule has 17 heteroatoms.